The van der Waals surface area contributed by atoms with Crippen LogP contribution in [0.15, 0.2) is 43.0 Å². The Hall–Kier alpha value is -5.17. The van der Waals surface area contributed by atoms with Crippen molar-refractivity contribution in [2.75, 3.05) is 178 Å². The number of carbonyl (C=O) groups is 5. The summed E-state index contributed by atoms with van der Waals surface area (Å²) in [5.74, 6) is -8.40. The summed E-state index contributed by atoms with van der Waals surface area (Å²) in [6.45, 7) is 56.5. The number of hydrogen-bond donors (Lipinski definition) is 2. The van der Waals surface area contributed by atoms with E-state index in [0.29, 0.717) is 170 Å². The lowest BCUT2D eigenvalue weighted by Gasteiger charge is -2.46. The summed E-state index contributed by atoms with van der Waals surface area (Å²) in [5, 5.41) is 8.29. The second-order valence-corrected chi connectivity index (χ2v) is 40.1. The minimum atomic E-state index is -1.00. The van der Waals surface area contributed by atoms with Crippen LogP contribution >= 0.6 is 11.6 Å². The fourth-order valence-electron chi connectivity index (χ4n) is 15.2. The van der Waals surface area contributed by atoms with Gasteiger partial charge in [0.1, 0.15) is 6.33 Å². The van der Waals surface area contributed by atoms with Gasteiger partial charge in [-0.15, -0.1) is 0 Å². The fraction of sp³-hybridized carbons (Fsp3) is 0.844. The van der Waals surface area contributed by atoms with E-state index in [1.807, 2.05) is 166 Å². The molecule has 40 heteroatoms. The lowest BCUT2D eigenvalue weighted by Crippen LogP contribution is -2.61. The topological polar surface area (TPSA) is 390 Å². The minimum absolute atomic E-state index is 0.0743. The van der Waals surface area contributed by atoms with Crippen LogP contribution in [0.1, 0.15) is 189 Å². The van der Waals surface area contributed by atoms with Crippen LogP contribution in [0.5, 0.6) is 0 Å². The van der Waals surface area contributed by atoms with Crippen molar-refractivity contribution in [1.29, 1.82) is 0 Å². The molecular weight excluding hydrogens is 1720 g/mol. The summed E-state index contributed by atoms with van der Waals surface area (Å²) in [6.07, 6.45) is 4.39. The van der Waals surface area contributed by atoms with Crippen molar-refractivity contribution in [2.45, 2.75) is 321 Å². The molecule has 39 nitrogen and oxygen atoms in total. The average molecular weight is 1880 g/mol. The highest BCUT2D eigenvalue weighted by Crippen LogP contribution is 2.35. The standard InChI is InChI=1S/C19H28N2O5.C16H25N3O5.C16H27NO7.C13H22ClNO5.2C13H25NO4/c1-18(2)23-9-15(10-24-18)21(16-11-25-19(3,4)26-12-16)17(22)13-5-7-14(20)8-6-13;1-15(2)21-7-12(8-22-15)19(14(20)18-6-5-17-11-18)13-9-23-16(3,4)24-10-13;1-15(2)21-7-11(8-22-15)17(13(18)5-6-14(19)20)12-9-23-16(3,4)24-10-12;1-12(2)17-5-9(6-18-12)15(11(14)16)10-7-19-13(3,4)20-8-10;2*1-12(2)15-6-10(7-16-12)14(5)11-8-17-13(3,4)18-9-11/h5-8,15-16H,9-12,20H2,1-4H3;5-6,11-13H,7-10H2,1-4H3;11-12H,5-10H2,1-4H3,(H,19,20);9-10H,5-8H2,1-4H3;2*10-11H,6-9H2,1-5H3. The van der Waals surface area contributed by atoms with E-state index in [0.717, 1.165) is 0 Å². The van der Waals surface area contributed by atoms with Gasteiger partial charge in [-0.05, 0) is 216 Å². The smallest absolute Gasteiger partial charge is 0.330 e. The Morgan fingerprint density at radius 3 is 0.723 bits per heavy atom. The van der Waals surface area contributed by atoms with Crippen molar-refractivity contribution in [3.63, 3.8) is 0 Å². The third-order valence-electron chi connectivity index (χ3n) is 23.8. The summed E-state index contributed by atoms with van der Waals surface area (Å²) in [7, 11) is 4.15. The van der Waals surface area contributed by atoms with E-state index in [1.165, 1.54) is 15.8 Å². The molecule has 3 N–H and O–H groups in total. The molecule has 12 fully saturated rings. The van der Waals surface area contributed by atoms with Crippen molar-refractivity contribution >= 4 is 46.5 Å². The number of imidazole rings is 1. The number of rotatable bonds is 16. The molecule has 744 valence electrons. The number of carbonyl (C=O) groups excluding carboxylic acids is 4. The molecular formula is C90H152ClN9O30. The van der Waals surface area contributed by atoms with E-state index in [9.17, 15) is 24.0 Å². The Morgan fingerprint density at radius 2 is 0.523 bits per heavy atom. The molecule has 130 heavy (non-hydrogen) atoms. The van der Waals surface area contributed by atoms with E-state index >= 15 is 0 Å². The lowest BCUT2D eigenvalue weighted by atomic mass is 10.1. The monoisotopic (exact) mass is 1870 g/mol. The quantitative estimate of drug-likeness (QED) is 0.0899. The van der Waals surface area contributed by atoms with Crippen LogP contribution in [0.2, 0.25) is 0 Å². The zero-order chi connectivity index (χ0) is 96.0. The van der Waals surface area contributed by atoms with Crippen molar-refractivity contribution in [1.82, 2.24) is 39.0 Å². The predicted octanol–water partition coefficient (Wildman–Crippen LogP) is 8.85. The third kappa shape index (κ3) is 33.6. The number of aliphatic carboxylic acids is 1. The Bertz CT molecular complexity index is 3550. The second-order valence-electron chi connectivity index (χ2n) is 39.8. The molecule has 1 aromatic carbocycles. The van der Waals surface area contributed by atoms with Crippen molar-refractivity contribution < 1.29 is 143 Å². The number of nitrogen functional groups attached to an aromatic ring is 1. The van der Waals surface area contributed by atoms with Crippen molar-refractivity contribution in [3.8, 4) is 0 Å². The van der Waals surface area contributed by atoms with Crippen LogP contribution in [0.25, 0.3) is 0 Å². The number of carboxylic acid groups (broad SMARTS) is 1. The largest absolute Gasteiger partial charge is 0.481 e. The van der Waals surface area contributed by atoms with Gasteiger partial charge in [-0.25, -0.2) is 9.78 Å². The number of ether oxygens (including phenoxy) is 24. The molecule has 0 bridgehead atoms. The SMILES string of the molecule is CC1(C)OCC(N(C(=O)CCC(=O)O)C2COC(C)(C)OC2)CO1.CC1(C)OCC(N(C(=O)Cl)C2COC(C)(C)OC2)CO1.CC1(C)OCC(N(C(=O)c2ccc(N)cc2)C2COC(C)(C)OC2)CO1.CC1(C)OCC(N(C(=O)n2ccnc2)C2COC(C)(C)OC2)CO1.CN(C1COC(C)(C)OC1)C1COC(C)(C)OC1.CN(C1COC(C)(C)OC1)C1COC(C)(C)OC1. The molecule has 0 spiro atoms. The molecule has 0 atom stereocenters. The average Bonchev–Trinajstić information content (AvgIpc) is 1.28. The Balaban J connectivity index is 0.000000177. The van der Waals surface area contributed by atoms with E-state index in [-0.39, 0.29) is 103 Å². The molecule has 4 amide bonds. The third-order valence-corrected chi connectivity index (χ3v) is 24.0. The van der Waals surface area contributed by atoms with E-state index in [2.05, 4.69) is 28.9 Å². The van der Waals surface area contributed by atoms with Gasteiger partial charge in [0.2, 0.25) is 5.91 Å². The fourth-order valence-corrected chi connectivity index (χ4v) is 15.5. The van der Waals surface area contributed by atoms with Gasteiger partial charge >= 0.3 is 17.4 Å². The summed E-state index contributed by atoms with van der Waals surface area (Å²) >= 11 is 5.72. The van der Waals surface area contributed by atoms with E-state index < -0.39 is 80.8 Å². The minimum Gasteiger partial charge on any atom is -0.481 e. The molecule has 12 saturated heterocycles. The first-order chi connectivity index (χ1) is 60.3. The van der Waals surface area contributed by atoms with Gasteiger partial charge in [-0.1, -0.05) is 0 Å². The highest BCUT2D eigenvalue weighted by atomic mass is 35.5. The first-order valence-corrected chi connectivity index (χ1v) is 45.5. The molecule has 0 aliphatic carbocycles. The van der Waals surface area contributed by atoms with Crippen molar-refractivity contribution in [2.24, 2.45) is 0 Å². The highest BCUT2D eigenvalue weighted by Gasteiger charge is 2.48. The number of nitrogens with zero attached hydrogens (tertiary/aromatic N) is 8. The Kier molecular flexibility index (Phi) is 37.9. The molecule has 1 aromatic heterocycles. The van der Waals surface area contributed by atoms with Crippen LogP contribution in [-0.2, 0) is 123 Å². The normalized spacial score (nSPS) is 26.2. The zero-order valence-corrected chi connectivity index (χ0v) is 82.4. The van der Waals surface area contributed by atoms with Gasteiger partial charge in [-0.3, -0.25) is 33.5 Å². The molecule has 0 radical (unpaired) electrons. The second kappa shape index (κ2) is 45.4. The molecule has 14 rings (SSSR count). The summed E-state index contributed by atoms with van der Waals surface area (Å²) in [5.41, 5.74) is 6.92. The summed E-state index contributed by atoms with van der Waals surface area (Å²) < 4.78 is 138. The van der Waals surface area contributed by atoms with Gasteiger partial charge in [0.25, 0.3) is 5.91 Å². The number of aromatic nitrogens is 2. The maximum absolute atomic E-state index is 13.2. The molecule has 0 saturated carbocycles. The van der Waals surface area contributed by atoms with Gasteiger partial charge in [-0.2, -0.15) is 0 Å². The molecule has 13 heterocycles. The number of anilines is 1. The Labute approximate surface area is 772 Å². The number of hydrogen-bond acceptors (Lipinski definition) is 33. The van der Waals surface area contributed by atoms with Crippen LogP contribution in [-0.4, -0.2) is 388 Å². The zero-order valence-electron chi connectivity index (χ0n) is 81.7. The first-order valence-electron chi connectivity index (χ1n) is 45.1. The Morgan fingerprint density at radius 1 is 0.323 bits per heavy atom. The van der Waals surface area contributed by atoms with Crippen molar-refractivity contribution in [3.05, 3.63) is 48.5 Å². The maximum Gasteiger partial charge on any atom is 0.330 e. The highest BCUT2D eigenvalue weighted by molar-refractivity contribution is 6.62. The lowest BCUT2D eigenvalue weighted by molar-refractivity contribution is -0.286. The van der Waals surface area contributed by atoms with E-state index in [1.54, 1.807) is 51.4 Å². The molecule has 12 aliphatic rings. The summed E-state index contributed by atoms with van der Waals surface area (Å²) in [6, 6.07) is 5.84. The first kappa shape index (κ1) is 108. The predicted molar refractivity (Wildman–Crippen MR) is 471 cm³/mol. The van der Waals surface area contributed by atoms with Crippen LogP contribution in [0.4, 0.5) is 15.3 Å². The number of nitrogens with two attached hydrogens (primary N) is 1. The summed E-state index contributed by atoms with van der Waals surface area (Å²) in [4.78, 5) is 76.4. The van der Waals surface area contributed by atoms with Crippen LogP contribution in [0, 0.1) is 0 Å². The molecule has 0 unspecified atom stereocenters. The van der Waals surface area contributed by atoms with E-state index in [4.69, 9.17) is 136 Å². The van der Waals surface area contributed by atoms with Gasteiger partial charge in [0.15, 0.2) is 69.4 Å². The number of carboxylic acids is 1. The van der Waals surface area contributed by atoms with Gasteiger partial charge < -0.3 is 144 Å². The molecule has 12 aliphatic heterocycles. The maximum atomic E-state index is 13.2. The molecule has 2 aromatic rings. The van der Waals surface area contributed by atoms with Gasteiger partial charge in [0.05, 0.1) is 237 Å². The number of benzene rings is 1. The number of likely N-dealkylation sites (N-methyl/N-ethyl adjacent to an activating group) is 2. The van der Waals surface area contributed by atoms with Gasteiger partial charge in [0, 0.05) is 30.1 Å². The van der Waals surface area contributed by atoms with Crippen LogP contribution in [0.3, 0.4) is 0 Å². The number of halogens is 1. The van der Waals surface area contributed by atoms with Crippen LogP contribution < -0.4 is 5.73 Å². The number of amides is 4.